The molecule has 3 rings (SSSR count). The lowest BCUT2D eigenvalue weighted by atomic mass is 10.0. The van der Waals surface area contributed by atoms with Gasteiger partial charge in [-0.2, -0.15) is 13.2 Å². The van der Waals surface area contributed by atoms with Crippen molar-refractivity contribution in [3.8, 4) is 0 Å². The van der Waals surface area contributed by atoms with E-state index in [9.17, 15) is 18.0 Å². The van der Waals surface area contributed by atoms with Crippen LogP contribution >= 0.6 is 12.4 Å². The predicted molar refractivity (Wildman–Crippen MR) is 94.0 cm³/mol. The van der Waals surface area contributed by atoms with Gasteiger partial charge in [0.1, 0.15) is 0 Å². The van der Waals surface area contributed by atoms with Gasteiger partial charge in [0, 0.05) is 32.0 Å². The maximum Gasteiger partial charge on any atom is 0.416 e. The number of alkyl halides is 3. The van der Waals surface area contributed by atoms with E-state index in [0.29, 0.717) is 19.6 Å². The fourth-order valence-corrected chi connectivity index (χ4v) is 3.09. The number of piperazine rings is 1. The minimum atomic E-state index is -4.47. The molecule has 1 saturated heterocycles. The Hall–Kier alpha value is -2.12. The monoisotopic (exact) mass is 385 g/mol. The maximum absolute atomic E-state index is 13.1. The van der Waals surface area contributed by atoms with Crippen molar-refractivity contribution >= 4 is 18.3 Å². The number of benzene rings is 1. The summed E-state index contributed by atoms with van der Waals surface area (Å²) in [4.78, 5) is 18.4. The number of hydrogen-bond acceptors (Lipinski definition) is 3. The van der Waals surface area contributed by atoms with E-state index in [-0.39, 0.29) is 36.3 Å². The summed E-state index contributed by atoms with van der Waals surface area (Å²) >= 11 is 0. The summed E-state index contributed by atoms with van der Waals surface area (Å²) in [5, 5.41) is 3.22. The second kappa shape index (κ2) is 8.51. The highest BCUT2D eigenvalue weighted by molar-refractivity contribution is 5.85. The van der Waals surface area contributed by atoms with Gasteiger partial charge in [-0.15, -0.1) is 12.4 Å². The van der Waals surface area contributed by atoms with Gasteiger partial charge in [-0.05, 0) is 23.3 Å². The number of pyridine rings is 1. The Morgan fingerprint density at radius 2 is 2.00 bits per heavy atom. The van der Waals surface area contributed by atoms with E-state index >= 15 is 0 Å². The van der Waals surface area contributed by atoms with Crippen molar-refractivity contribution in [1.82, 2.24) is 15.2 Å². The van der Waals surface area contributed by atoms with E-state index in [2.05, 4.69) is 10.3 Å². The van der Waals surface area contributed by atoms with Crippen LogP contribution in [0.5, 0.6) is 0 Å². The molecule has 8 heteroatoms. The van der Waals surface area contributed by atoms with Crippen LogP contribution in [-0.4, -0.2) is 35.4 Å². The van der Waals surface area contributed by atoms with Crippen LogP contribution in [0.4, 0.5) is 13.2 Å². The fraction of sp³-hybridized carbons (Fsp3) is 0.333. The zero-order valence-electron chi connectivity index (χ0n) is 13.9. The molecule has 140 valence electrons. The zero-order chi connectivity index (χ0) is 17.9. The molecule has 0 saturated carbocycles. The summed E-state index contributed by atoms with van der Waals surface area (Å²) in [6.07, 6.45) is -1.41. The molecule has 1 aliphatic heterocycles. The van der Waals surface area contributed by atoms with Gasteiger partial charge in [0.25, 0.3) is 0 Å². The fourth-order valence-electron chi connectivity index (χ4n) is 3.09. The summed E-state index contributed by atoms with van der Waals surface area (Å²) in [5.74, 6) is -0.313. The topological polar surface area (TPSA) is 45.2 Å². The van der Waals surface area contributed by atoms with Gasteiger partial charge in [0.05, 0.1) is 18.0 Å². The van der Waals surface area contributed by atoms with E-state index in [1.165, 1.54) is 18.2 Å². The number of carbonyl (C=O) groups is 1. The van der Waals surface area contributed by atoms with Crippen molar-refractivity contribution in [2.75, 3.05) is 19.6 Å². The van der Waals surface area contributed by atoms with Crippen molar-refractivity contribution in [2.45, 2.75) is 18.6 Å². The molecule has 2 aromatic rings. The molecule has 26 heavy (non-hydrogen) atoms. The third kappa shape index (κ3) is 4.53. The van der Waals surface area contributed by atoms with Crippen molar-refractivity contribution in [1.29, 1.82) is 0 Å². The Bertz CT molecular complexity index is 740. The third-order valence-corrected chi connectivity index (χ3v) is 4.30. The average Bonchev–Trinajstić information content (AvgIpc) is 2.62. The molecule has 2 heterocycles. The molecule has 1 aromatic heterocycles. The number of carbonyl (C=O) groups excluding carboxylic acids is 1. The lowest BCUT2D eigenvalue weighted by molar-refractivity contribution is -0.139. The van der Waals surface area contributed by atoms with Crippen LogP contribution in [0.25, 0.3) is 0 Å². The highest BCUT2D eigenvalue weighted by atomic mass is 35.5. The van der Waals surface area contributed by atoms with Crippen LogP contribution in [-0.2, 0) is 17.4 Å². The predicted octanol–water partition coefficient (Wildman–Crippen LogP) is 3.24. The number of amides is 1. The van der Waals surface area contributed by atoms with E-state index in [4.69, 9.17) is 0 Å². The van der Waals surface area contributed by atoms with E-state index < -0.39 is 11.7 Å². The van der Waals surface area contributed by atoms with Gasteiger partial charge in [-0.25, -0.2) is 0 Å². The van der Waals surface area contributed by atoms with Crippen LogP contribution in [0.2, 0.25) is 0 Å². The molecular formula is C18H19ClF3N3O. The third-order valence-electron chi connectivity index (χ3n) is 4.30. The smallest absolute Gasteiger partial charge is 0.333 e. The van der Waals surface area contributed by atoms with Crippen molar-refractivity contribution in [2.24, 2.45) is 0 Å². The second-order valence-corrected chi connectivity index (χ2v) is 5.93. The van der Waals surface area contributed by atoms with Crippen LogP contribution in [0, 0.1) is 0 Å². The first kappa shape index (κ1) is 20.2. The standard InChI is InChI=1S/C18H18F3N3O.ClH/c19-18(20,21)15-6-2-1-4-13(15)10-17(25)24-9-8-23-12-16(24)14-5-3-7-22-11-14;/h1-7,11,16,23H,8-10,12H2;1H. The van der Waals surface area contributed by atoms with E-state index in [0.717, 1.165) is 11.6 Å². The molecule has 1 aliphatic rings. The molecule has 0 aliphatic carbocycles. The van der Waals surface area contributed by atoms with Gasteiger partial charge < -0.3 is 10.2 Å². The van der Waals surface area contributed by atoms with Crippen molar-refractivity contribution in [3.63, 3.8) is 0 Å². The minimum Gasteiger partial charge on any atom is -0.333 e. The number of hydrogen-bond donors (Lipinski definition) is 1. The summed E-state index contributed by atoms with van der Waals surface area (Å²) in [6, 6.07) is 8.66. The Labute approximate surface area is 155 Å². The minimum absolute atomic E-state index is 0. The van der Waals surface area contributed by atoms with Crippen molar-refractivity contribution in [3.05, 3.63) is 65.5 Å². The number of nitrogens with zero attached hydrogens (tertiary/aromatic N) is 2. The first-order valence-corrected chi connectivity index (χ1v) is 8.02. The first-order chi connectivity index (χ1) is 12.0. The number of rotatable bonds is 3. The highest BCUT2D eigenvalue weighted by Crippen LogP contribution is 2.32. The molecule has 1 aromatic carbocycles. The average molecular weight is 386 g/mol. The summed E-state index contributed by atoms with van der Waals surface area (Å²) in [5.41, 5.74) is 0.118. The zero-order valence-corrected chi connectivity index (χ0v) is 14.7. The number of nitrogens with one attached hydrogen (secondary N) is 1. The molecule has 0 bridgehead atoms. The quantitative estimate of drug-likeness (QED) is 0.882. The molecule has 1 amide bonds. The van der Waals surface area contributed by atoms with Gasteiger partial charge in [0.15, 0.2) is 0 Å². The molecular weight excluding hydrogens is 367 g/mol. The Morgan fingerprint density at radius 1 is 1.23 bits per heavy atom. The SMILES string of the molecule is Cl.O=C(Cc1ccccc1C(F)(F)F)N1CCNCC1c1cccnc1. The Kier molecular flexibility index (Phi) is 6.61. The van der Waals surface area contributed by atoms with Crippen LogP contribution in [0.15, 0.2) is 48.8 Å². The van der Waals surface area contributed by atoms with Crippen LogP contribution in [0.3, 0.4) is 0 Å². The Morgan fingerprint density at radius 3 is 2.69 bits per heavy atom. The van der Waals surface area contributed by atoms with Crippen LogP contribution < -0.4 is 5.32 Å². The summed E-state index contributed by atoms with van der Waals surface area (Å²) < 4.78 is 39.4. The molecule has 4 nitrogen and oxygen atoms in total. The van der Waals surface area contributed by atoms with Gasteiger partial charge in [0.2, 0.25) is 5.91 Å². The van der Waals surface area contributed by atoms with Gasteiger partial charge >= 0.3 is 6.18 Å². The molecule has 1 atom stereocenters. The Balaban J connectivity index is 0.00000243. The first-order valence-electron chi connectivity index (χ1n) is 8.02. The molecule has 1 unspecified atom stereocenters. The van der Waals surface area contributed by atoms with Crippen LogP contribution in [0.1, 0.15) is 22.7 Å². The molecule has 0 radical (unpaired) electrons. The van der Waals surface area contributed by atoms with Crippen molar-refractivity contribution < 1.29 is 18.0 Å². The summed E-state index contributed by atoms with van der Waals surface area (Å²) in [6.45, 7) is 1.62. The molecule has 1 N–H and O–H groups in total. The lowest BCUT2D eigenvalue weighted by Gasteiger charge is -2.36. The highest BCUT2D eigenvalue weighted by Gasteiger charge is 2.34. The normalized spacial score (nSPS) is 17.5. The van der Waals surface area contributed by atoms with E-state index in [1.54, 1.807) is 23.4 Å². The molecule has 0 spiro atoms. The molecule has 1 fully saturated rings. The lowest BCUT2D eigenvalue weighted by Crippen LogP contribution is -2.49. The van der Waals surface area contributed by atoms with Gasteiger partial charge in [-0.1, -0.05) is 24.3 Å². The second-order valence-electron chi connectivity index (χ2n) is 5.93. The number of aromatic nitrogens is 1. The number of halogens is 4. The summed E-state index contributed by atoms with van der Waals surface area (Å²) in [7, 11) is 0. The maximum atomic E-state index is 13.1. The van der Waals surface area contributed by atoms with E-state index in [1.807, 2.05) is 6.07 Å². The largest absolute Gasteiger partial charge is 0.416 e. The van der Waals surface area contributed by atoms with Gasteiger partial charge in [-0.3, -0.25) is 9.78 Å².